The molecule has 0 saturated heterocycles. The number of carbonyl (C=O) groups excluding carboxylic acids is 1. The second-order valence-corrected chi connectivity index (χ2v) is 7.74. The molecule has 0 radical (unpaired) electrons. The van der Waals surface area contributed by atoms with Crippen LogP contribution in [0.3, 0.4) is 0 Å². The molecule has 1 aromatic carbocycles. The summed E-state index contributed by atoms with van der Waals surface area (Å²) in [6.07, 6.45) is 2.19. The number of rotatable bonds is 7. The van der Waals surface area contributed by atoms with Crippen LogP contribution in [-0.2, 0) is 9.53 Å². The number of esters is 1. The standard InChI is InChI=1S/C16H22BrNO2S/c1-11(2)18-16(12-4-5-12,15(19)20-3)10-21-14-8-6-13(17)7-9-14/h6-9,11-12,18H,4-5,10H2,1-3H3. The number of carbonyl (C=O) groups is 1. The van der Waals surface area contributed by atoms with E-state index in [9.17, 15) is 4.79 Å². The lowest BCUT2D eigenvalue weighted by Crippen LogP contribution is -2.59. The number of hydrogen-bond acceptors (Lipinski definition) is 4. The van der Waals surface area contributed by atoms with Crippen molar-refractivity contribution in [3.8, 4) is 0 Å². The zero-order valence-corrected chi connectivity index (χ0v) is 15.1. The average molecular weight is 372 g/mol. The molecule has 0 bridgehead atoms. The number of ether oxygens (including phenoxy) is 1. The van der Waals surface area contributed by atoms with Crippen LogP contribution >= 0.6 is 27.7 Å². The van der Waals surface area contributed by atoms with E-state index in [0.29, 0.717) is 11.7 Å². The Labute approximate surface area is 139 Å². The summed E-state index contributed by atoms with van der Waals surface area (Å²) in [5, 5.41) is 3.48. The minimum atomic E-state index is -0.569. The van der Waals surface area contributed by atoms with Gasteiger partial charge in [0.25, 0.3) is 0 Å². The number of nitrogens with one attached hydrogen (secondary N) is 1. The molecule has 1 aliphatic carbocycles. The van der Waals surface area contributed by atoms with Crippen LogP contribution in [0.15, 0.2) is 33.6 Å². The highest BCUT2D eigenvalue weighted by molar-refractivity contribution is 9.10. The fraction of sp³-hybridized carbons (Fsp3) is 0.562. The lowest BCUT2D eigenvalue weighted by molar-refractivity contribution is -0.148. The third-order valence-corrected chi connectivity index (χ3v) is 5.38. The maximum absolute atomic E-state index is 12.4. The Balaban J connectivity index is 2.14. The van der Waals surface area contributed by atoms with Gasteiger partial charge in [-0.2, -0.15) is 0 Å². The van der Waals surface area contributed by atoms with Gasteiger partial charge in [-0.15, -0.1) is 11.8 Å². The summed E-state index contributed by atoms with van der Waals surface area (Å²) < 4.78 is 6.17. The molecule has 0 heterocycles. The Morgan fingerprint density at radius 3 is 2.52 bits per heavy atom. The maximum Gasteiger partial charge on any atom is 0.327 e. The van der Waals surface area contributed by atoms with Crippen LogP contribution in [-0.4, -0.2) is 30.4 Å². The van der Waals surface area contributed by atoms with Gasteiger partial charge in [0.05, 0.1) is 7.11 Å². The molecule has 1 aromatic rings. The Morgan fingerprint density at radius 2 is 2.05 bits per heavy atom. The van der Waals surface area contributed by atoms with Crippen LogP contribution in [0.2, 0.25) is 0 Å². The van der Waals surface area contributed by atoms with Gasteiger partial charge in [-0.05, 0) is 56.9 Å². The van der Waals surface area contributed by atoms with Gasteiger partial charge in [0.2, 0.25) is 0 Å². The van der Waals surface area contributed by atoms with E-state index in [0.717, 1.165) is 22.2 Å². The van der Waals surface area contributed by atoms with Gasteiger partial charge < -0.3 is 4.74 Å². The average Bonchev–Trinajstić information content (AvgIpc) is 3.28. The third kappa shape index (κ3) is 4.24. The predicted molar refractivity (Wildman–Crippen MR) is 90.6 cm³/mol. The SMILES string of the molecule is COC(=O)C(CSc1ccc(Br)cc1)(NC(C)C)C1CC1. The van der Waals surface area contributed by atoms with E-state index >= 15 is 0 Å². The summed E-state index contributed by atoms with van der Waals surface area (Å²) in [5.74, 6) is 0.947. The highest BCUT2D eigenvalue weighted by atomic mass is 79.9. The van der Waals surface area contributed by atoms with E-state index in [1.54, 1.807) is 11.8 Å². The molecular weight excluding hydrogens is 350 g/mol. The quantitative estimate of drug-likeness (QED) is 0.583. The number of thioether (sulfide) groups is 1. The predicted octanol–water partition coefficient (Wildman–Crippen LogP) is 3.86. The summed E-state index contributed by atoms with van der Waals surface area (Å²) in [5.41, 5.74) is -0.569. The van der Waals surface area contributed by atoms with Crippen LogP contribution in [0.4, 0.5) is 0 Å². The Bertz CT molecular complexity index is 488. The minimum Gasteiger partial charge on any atom is -0.468 e. The zero-order chi connectivity index (χ0) is 15.5. The summed E-state index contributed by atoms with van der Waals surface area (Å²) in [7, 11) is 1.48. The van der Waals surface area contributed by atoms with E-state index in [4.69, 9.17) is 4.74 Å². The van der Waals surface area contributed by atoms with Crippen molar-refractivity contribution in [1.29, 1.82) is 0 Å². The van der Waals surface area contributed by atoms with Gasteiger partial charge >= 0.3 is 5.97 Å². The first kappa shape index (κ1) is 16.8. The molecule has 0 aliphatic heterocycles. The van der Waals surface area contributed by atoms with Gasteiger partial charge in [-0.3, -0.25) is 10.1 Å². The molecule has 5 heteroatoms. The van der Waals surface area contributed by atoms with Gasteiger partial charge in [0.1, 0.15) is 5.54 Å². The molecule has 3 nitrogen and oxygen atoms in total. The van der Waals surface area contributed by atoms with Crippen molar-refractivity contribution in [3.63, 3.8) is 0 Å². The lowest BCUT2D eigenvalue weighted by Gasteiger charge is -2.34. The molecule has 1 aliphatic rings. The molecule has 0 aromatic heterocycles. The lowest BCUT2D eigenvalue weighted by atomic mass is 9.94. The summed E-state index contributed by atoms with van der Waals surface area (Å²) in [4.78, 5) is 13.6. The van der Waals surface area contributed by atoms with E-state index in [-0.39, 0.29) is 12.0 Å². The molecule has 1 atom stereocenters. The molecule has 1 unspecified atom stereocenters. The van der Waals surface area contributed by atoms with Crippen molar-refractivity contribution < 1.29 is 9.53 Å². The Morgan fingerprint density at radius 1 is 1.43 bits per heavy atom. The van der Waals surface area contributed by atoms with Crippen LogP contribution in [0.25, 0.3) is 0 Å². The van der Waals surface area contributed by atoms with E-state index in [1.165, 1.54) is 7.11 Å². The maximum atomic E-state index is 12.4. The zero-order valence-electron chi connectivity index (χ0n) is 12.7. The molecular formula is C16H22BrNO2S. The molecule has 21 heavy (non-hydrogen) atoms. The number of hydrogen-bond donors (Lipinski definition) is 1. The van der Waals surface area contributed by atoms with Gasteiger partial charge in [-0.1, -0.05) is 15.9 Å². The fourth-order valence-electron chi connectivity index (χ4n) is 2.56. The van der Waals surface area contributed by atoms with Crippen molar-refractivity contribution in [2.75, 3.05) is 12.9 Å². The van der Waals surface area contributed by atoms with Crippen molar-refractivity contribution >= 4 is 33.7 Å². The van der Waals surface area contributed by atoms with Gasteiger partial charge in [-0.25, -0.2) is 0 Å². The van der Waals surface area contributed by atoms with Crippen LogP contribution in [0.5, 0.6) is 0 Å². The van der Waals surface area contributed by atoms with Gasteiger partial charge in [0.15, 0.2) is 0 Å². The fourth-order valence-corrected chi connectivity index (χ4v) is 3.99. The second kappa shape index (κ2) is 7.16. The number of benzene rings is 1. The van der Waals surface area contributed by atoms with E-state index < -0.39 is 5.54 Å². The molecule has 1 saturated carbocycles. The van der Waals surface area contributed by atoms with Crippen LogP contribution < -0.4 is 5.32 Å². The summed E-state index contributed by atoms with van der Waals surface area (Å²) in [6, 6.07) is 8.43. The first-order valence-electron chi connectivity index (χ1n) is 7.22. The number of halogens is 1. The first-order chi connectivity index (χ1) is 9.98. The highest BCUT2D eigenvalue weighted by Crippen LogP contribution is 2.43. The van der Waals surface area contributed by atoms with E-state index in [2.05, 4.69) is 47.2 Å². The summed E-state index contributed by atoms with van der Waals surface area (Å²) >= 11 is 5.15. The molecule has 2 rings (SSSR count). The minimum absolute atomic E-state index is 0.136. The van der Waals surface area contributed by atoms with Crippen LogP contribution in [0.1, 0.15) is 26.7 Å². The molecule has 0 spiro atoms. The van der Waals surface area contributed by atoms with Gasteiger partial charge in [0, 0.05) is 21.2 Å². The second-order valence-electron chi connectivity index (χ2n) is 5.78. The van der Waals surface area contributed by atoms with Crippen molar-refractivity contribution in [2.24, 2.45) is 5.92 Å². The van der Waals surface area contributed by atoms with Crippen molar-refractivity contribution in [2.45, 2.75) is 43.2 Å². The normalized spacial score (nSPS) is 17.6. The molecule has 1 N–H and O–H groups in total. The van der Waals surface area contributed by atoms with Crippen LogP contribution in [0, 0.1) is 5.92 Å². The highest BCUT2D eigenvalue weighted by Gasteiger charge is 2.52. The van der Waals surface area contributed by atoms with Crippen molar-refractivity contribution in [3.05, 3.63) is 28.7 Å². The molecule has 0 amide bonds. The number of methoxy groups -OCH3 is 1. The molecule has 116 valence electrons. The molecule has 1 fully saturated rings. The van der Waals surface area contributed by atoms with E-state index in [1.807, 2.05) is 12.1 Å². The monoisotopic (exact) mass is 371 g/mol. The third-order valence-electron chi connectivity index (χ3n) is 3.65. The smallest absolute Gasteiger partial charge is 0.327 e. The van der Waals surface area contributed by atoms with Crippen molar-refractivity contribution in [1.82, 2.24) is 5.32 Å². The Hall–Kier alpha value is -0.520. The first-order valence-corrected chi connectivity index (χ1v) is 9.00. The summed E-state index contributed by atoms with van der Waals surface area (Å²) in [6.45, 7) is 4.15. The topological polar surface area (TPSA) is 38.3 Å². The Kier molecular flexibility index (Phi) is 5.74. The largest absolute Gasteiger partial charge is 0.468 e.